The molecule has 0 amide bonds. The summed E-state index contributed by atoms with van der Waals surface area (Å²) in [7, 11) is 0. The van der Waals surface area contributed by atoms with Gasteiger partial charge in [0.15, 0.2) is 0 Å². The van der Waals surface area contributed by atoms with Crippen molar-refractivity contribution < 1.29 is 9.84 Å². The Morgan fingerprint density at radius 1 is 1.22 bits per heavy atom. The largest absolute Gasteiger partial charge is 0.494 e. The average molecular weight is 251 g/mol. The number of aliphatic hydroxyl groups is 1. The van der Waals surface area contributed by atoms with Gasteiger partial charge in [-0.2, -0.15) is 0 Å². The van der Waals surface area contributed by atoms with Gasteiger partial charge in [-0.3, -0.25) is 0 Å². The molecule has 0 fully saturated rings. The van der Waals surface area contributed by atoms with Crippen molar-refractivity contribution in [3.05, 3.63) is 29.8 Å². The maximum absolute atomic E-state index is 9.24. The third-order valence-electron chi connectivity index (χ3n) is 3.18. The molecule has 0 saturated carbocycles. The van der Waals surface area contributed by atoms with Crippen molar-refractivity contribution in [1.29, 1.82) is 0 Å². The van der Waals surface area contributed by atoms with E-state index >= 15 is 0 Å². The van der Waals surface area contributed by atoms with Crippen LogP contribution in [0.25, 0.3) is 0 Å². The van der Waals surface area contributed by atoms with Gasteiger partial charge in [-0.1, -0.05) is 19.1 Å². The Morgan fingerprint density at radius 2 is 1.89 bits per heavy atom. The van der Waals surface area contributed by atoms with Gasteiger partial charge >= 0.3 is 0 Å². The van der Waals surface area contributed by atoms with Crippen molar-refractivity contribution in [3.63, 3.8) is 0 Å². The lowest BCUT2D eigenvalue weighted by Gasteiger charge is -2.31. The third-order valence-corrected chi connectivity index (χ3v) is 3.18. The van der Waals surface area contributed by atoms with Crippen molar-refractivity contribution >= 4 is 0 Å². The predicted octanol–water partition coefficient (Wildman–Crippen LogP) is 2.68. The lowest BCUT2D eigenvalue weighted by molar-refractivity contribution is 0.221. The monoisotopic (exact) mass is 251 g/mol. The number of aliphatic hydroxyl groups excluding tert-OH is 1. The molecule has 3 heteroatoms. The first-order valence-electron chi connectivity index (χ1n) is 6.75. The standard InChI is InChI=1S/C15H25NO2/c1-4-11-16-15(3,10-12-17)13-6-8-14(9-7-13)18-5-2/h6-9,16-17H,4-5,10-12H2,1-3H3. The molecule has 1 atom stereocenters. The summed E-state index contributed by atoms with van der Waals surface area (Å²) in [5, 5.41) is 12.8. The van der Waals surface area contributed by atoms with Crippen LogP contribution in [0.3, 0.4) is 0 Å². The van der Waals surface area contributed by atoms with E-state index in [1.54, 1.807) is 0 Å². The maximum Gasteiger partial charge on any atom is 0.119 e. The minimum absolute atomic E-state index is 0.171. The molecule has 0 heterocycles. The summed E-state index contributed by atoms with van der Waals surface area (Å²) in [6.45, 7) is 8.07. The van der Waals surface area contributed by atoms with Crippen LogP contribution in [0.1, 0.15) is 39.2 Å². The van der Waals surface area contributed by atoms with Crippen molar-refractivity contribution in [2.24, 2.45) is 0 Å². The second kappa shape index (κ2) is 7.39. The van der Waals surface area contributed by atoms with Crippen LogP contribution < -0.4 is 10.1 Å². The molecule has 102 valence electrons. The molecule has 3 nitrogen and oxygen atoms in total. The van der Waals surface area contributed by atoms with E-state index in [4.69, 9.17) is 4.74 Å². The van der Waals surface area contributed by atoms with Crippen LogP contribution in [0.15, 0.2) is 24.3 Å². The van der Waals surface area contributed by atoms with Crippen LogP contribution >= 0.6 is 0 Å². The van der Waals surface area contributed by atoms with E-state index in [2.05, 4.69) is 31.3 Å². The summed E-state index contributed by atoms with van der Waals surface area (Å²) in [4.78, 5) is 0. The fourth-order valence-corrected chi connectivity index (χ4v) is 2.04. The van der Waals surface area contributed by atoms with Crippen LogP contribution in [0.4, 0.5) is 0 Å². The second-order valence-electron chi connectivity index (χ2n) is 4.69. The Morgan fingerprint density at radius 3 is 2.39 bits per heavy atom. The van der Waals surface area contributed by atoms with Gasteiger partial charge in [0.2, 0.25) is 0 Å². The molecule has 0 aliphatic rings. The Kier molecular flexibility index (Phi) is 6.16. The van der Waals surface area contributed by atoms with E-state index < -0.39 is 0 Å². The molecule has 1 unspecified atom stereocenters. The highest BCUT2D eigenvalue weighted by molar-refractivity contribution is 5.31. The summed E-state index contributed by atoms with van der Waals surface area (Å²) in [5.41, 5.74) is 1.02. The number of hydrogen-bond acceptors (Lipinski definition) is 3. The molecule has 0 radical (unpaired) electrons. The van der Waals surface area contributed by atoms with Gasteiger partial charge in [0.05, 0.1) is 6.61 Å². The highest BCUT2D eigenvalue weighted by atomic mass is 16.5. The summed E-state index contributed by atoms with van der Waals surface area (Å²) >= 11 is 0. The van der Waals surface area contributed by atoms with Crippen molar-refractivity contribution in [1.82, 2.24) is 5.32 Å². The molecule has 0 spiro atoms. The van der Waals surface area contributed by atoms with Crippen LogP contribution in [0, 0.1) is 0 Å². The van der Waals surface area contributed by atoms with Crippen LogP contribution in [-0.2, 0) is 5.54 Å². The van der Waals surface area contributed by atoms with Crippen LogP contribution in [-0.4, -0.2) is 24.9 Å². The molecule has 0 aromatic heterocycles. The number of hydrogen-bond donors (Lipinski definition) is 2. The van der Waals surface area contributed by atoms with Crippen molar-refractivity contribution in [2.75, 3.05) is 19.8 Å². The zero-order valence-corrected chi connectivity index (χ0v) is 11.7. The molecule has 1 aromatic carbocycles. The summed E-state index contributed by atoms with van der Waals surface area (Å²) in [6.07, 6.45) is 1.79. The molecule has 1 aromatic rings. The summed E-state index contributed by atoms with van der Waals surface area (Å²) in [6, 6.07) is 8.12. The van der Waals surface area contributed by atoms with E-state index in [9.17, 15) is 5.11 Å². The SMILES string of the molecule is CCCNC(C)(CCO)c1ccc(OCC)cc1. The van der Waals surface area contributed by atoms with Gasteiger partial charge in [0.1, 0.15) is 5.75 Å². The first kappa shape index (κ1) is 15.0. The Balaban J connectivity index is 2.84. The minimum Gasteiger partial charge on any atom is -0.494 e. The molecule has 1 rings (SSSR count). The first-order valence-corrected chi connectivity index (χ1v) is 6.75. The van der Waals surface area contributed by atoms with Gasteiger partial charge in [-0.15, -0.1) is 0 Å². The van der Waals surface area contributed by atoms with E-state index in [0.717, 1.165) is 18.7 Å². The van der Waals surface area contributed by atoms with E-state index in [1.165, 1.54) is 5.56 Å². The summed E-state index contributed by atoms with van der Waals surface area (Å²) in [5.74, 6) is 0.892. The fourth-order valence-electron chi connectivity index (χ4n) is 2.04. The minimum atomic E-state index is -0.171. The molecule has 0 saturated heterocycles. The van der Waals surface area contributed by atoms with Gasteiger partial charge < -0.3 is 15.2 Å². The average Bonchev–Trinajstić information content (AvgIpc) is 2.38. The maximum atomic E-state index is 9.24. The summed E-state index contributed by atoms with van der Waals surface area (Å²) < 4.78 is 5.44. The molecular formula is C15H25NO2. The van der Waals surface area contributed by atoms with Crippen LogP contribution in [0.2, 0.25) is 0 Å². The van der Waals surface area contributed by atoms with E-state index in [0.29, 0.717) is 13.0 Å². The normalized spacial score (nSPS) is 14.2. The predicted molar refractivity (Wildman–Crippen MR) is 75.0 cm³/mol. The lowest BCUT2D eigenvalue weighted by atomic mass is 9.88. The molecular weight excluding hydrogens is 226 g/mol. The Bertz CT molecular complexity index is 337. The van der Waals surface area contributed by atoms with Crippen molar-refractivity contribution in [2.45, 2.75) is 39.2 Å². The smallest absolute Gasteiger partial charge is 0.119 e. The quantitative estimate of drug-likeness (QED) is 0.746. The van der Waals surface area contributed by atoms with Crippen LogP contribution in [0.5, 0.6) is 5.75 Å². The molecule has 0 aliphatic carbocycles. The first-order chi connectivity index (χ1) is 8.66. The zero-order chi connectivity index (χ0) is 13.4. The van der Waals surface area contributed by atoms with Gasteiger partial charge in [-0.25, -0.2) is 0 Å². The zero-order valence-electron chi connectivity index (χ0n) is 11.7. The van der Waals surface area contributed by atoms with E-state index in [-0.39, 0.29) is 12.1 Å². The highest BCUT2D eigenvalue weighted by Crippen LogP contribution is 2.26. The molecule has 18 heavy (non-hydrogen) atoms. The Hall–Kier alpha value is -1.06. The number of ether oxygens (including phenoxy) is 1. The van der Waals surface area contributed by atoms with Crippen molar-refractivity contribution in [3.8, 4) is 5.75 Å². The molecule has 0 bridgehead atoms. The Labute approximate surface area is 110 Å². The second-order valence-corrected chi connectivity index (χ2v) is 4.69. The third kappa shape index (κ3) is 4.00. The van der Waals surface area contributed by atoms with Gasteiger partial charge in [-0.05, 0) is 50.9 Å². The van der Waals surface area contributed by atoms with Gasteiger partial charge in [0, 0.05) is 12.1 Å². The number of rotatable bonds is 8. The van der Waals surface area contributed by atoms with Gasteiger partial charge in [0.25, 0.3) is 0 Å². The van der Waals surface area contributed by atoms with E-state index in [1.807, 2.05) is 19.1 Å². The molecule has 0 aliphatic heterocycles. The lowest BCUT2D eigenvalue weighted by Crippen LogP contribution is -2.40. The topological polar surface area (TPSA) is 41.5 Å². The highest BCUT2D eigenvalue weighted by Gasteiger charge is 2.24. The molecule has 2 N–H and O–H groups in total. The number of nitrogens with one attached hydrogen (secondary N) is 1. The number of benzene rings is 1. The fraction of sp³-hybridized carbons (Fsp3) is 0.600.